The monoisotopic (exact) mass is 372 g/mol. The van der Waals surface area contributed by atoms with Gasteiger partial charge >= 0.3 is 5.97 Å². The van der Waals surface area contributed by atoms with Gasteiger partial charge in [0.25, 0.3) is 0 Å². The van der Waals surface area contributed by atoms with E-state index in [0.29, 0.717) is 31.4 Å². The number of carbonyl (C=O) groups is 2. The zero-order valence-electron chi connectivity index (χ0n) is 14.6. The number of sulfonamides is 1. The van der Waals surface area contributed by atoms with Crippen molar-refractivity contribution >= 4 is 27.6 Å². The lowest BCUT2D eigenvalue weighted by Gasteiger charge is -2.12. The number of rotatable bonds is 10. The van der Waals surface area contributed by atoms with E-state index in [1.54, 1.807) is 0 Å². The van der Waals surface area contributed by atoms with Crippen LogP contribution in [0.5, 0.6) is 5.75 Å². The molecule has 0 bridgehead atoms. The molecule has 0 atom stereocenters. The summed E-state index contributed by atoms with van der Waals surface area (Å²) in [7, 11) is -0.951. The highest BCUT2D eigenvalue weighted by Crippen LogP contribution is 2.27. The molecule has 0 heterocycles. The molecule has 1 amide bonds. The molecule has 1 rings (SSSR count). The van der Waals surface area contributed by atoms with E-state index >= 15 is 0 Å². The number of amides is 1. The predicted molar refractivity (Wildman–Crippen MR) is 93.0 cm³/mol. The first-order valence-electron chi connectivity index (χ1n) is 7.82. The Kier molecular flexibility index (Phi) is 8.36. The number of ether oxygens (including phenoxy) is 2. The van der Waals surface area contributed by atoms with Crippen LogP contribution in [0.4, 0.5) is 5.69 Å². The van der Waals surface area contributed by atoms with E-state index in [9.17, 15) is 18.0 Å². The minimum Gasteiger partial charge on any atom is -0.495 e. The Balaban J connectivity index is 2.60. The smallest absolute Gasteiger partial charge is 0.305 e. The van der Waals surface area contributed by atoms with E-state index in [1.807, 2.05) is 0 Å². The minimum absolute atomic E-state index is 0.0491. The predicted octanol–water partition coefficient (Wildman–Crippen LogP) is 1.67. The Bertz CT molecular complexity index is 703. The summed E-state index contributed by atoms with van der Waals surface area (Å²) in [5.74, 6) is -0.290. The van der Waals surface area contributed by atoms with Crippen LogP contribution in [-0.2, 0) is 24.3 Å². The van der Waals surface area contributed by atoms with E-state index in [2.05, 4.69) is 14.8 Å². The first-order chi connectivity index (χ1) is 11.8. The van der Waals surface area contributed by atoms with Gasteiger partial charge in [0, 0.05) is 26.0 Å². The van der Waals surface area contributed by atoms with Gasteiger partial charge in [-0.05, 0) is 25.0 Å². The fraction of sp³-hybridized carbons (Fsp3) is 0.500. The maximum atomic E-state index is 12.3. The Labute approximate surface area is 147 Å². The van der Waals surface area contributed by atoms with Crippen LogP contribution in [0.25, 0.3) is 0 Å². The van der Waals surface area contributed by atoms with Crippen molar-refractivity contribution in [2.45, 2.75) is 37.5 Å². The number of nitrogens with one attached hydrogen (secondary N) is 2. The van der Waals surface area contributed by atoms with Crippen molar-refractivity contribution in [2.24, 2.45) is 0 Å². The van der Waals surface area contributed by atoms with Crippen LogP contribution in [-0.4, -0.2) is 41.1 Å². The van der Waals surface area contributed by atoms with E-state index in [-0.39, 0.29) is 29.1 Å². The van der Waals surface area contributed by atoms with E-state index < -0.39 is 10.0 Å². The van der Waals surface area contributed by atoms with Crippen molar-refractivity contribution in [1.29, 1.82) is 0 Å². The zero-order chi connectivity index (χ0) is 18.9. The Hall–Kier alpha value is -2.13. The quantitative estimate of drug-likeness (QED) is 0.477. The molecule has 0 saturated heterocycles. The van der Waals surface area contributed by atoms with Crippen molar-refractivity contribution in [3.05, 3.63) is 18.2 Å². The topological polar surface area (TPSA) is 111 Å². The van der Waals surface area contributed by atoms with Gasteiger partial charge in [0.2, 0.25) is 15.9 Å². The Morgan fingerprint density at radius 3 is 2.44 bits per heavy atom. The first kappa shape index (κ1) is 20.9. The lowest BCUT2D eigenvalue weighted by atomic mass is 10.2. The molecule has 9 heteroatoms. The maximum absolute atomic E-state index is 12.3. The summed E-state index contributed by atoms with van der Waals surface area (Å²) in [5.41, 5.74) is 0.400. The SMILES string of the molecule is COC(=O)CCCCCNS(=O)(=O)c1ccc(NC(C)=O)c(OC)c1. The second-order valence-electron chi connectivity index (χ2n) is 5.33. The molecule has 8 nitrogen and oxygen atoms in total. The van der Waals surface area contributed by atoms with E-state index in [4.69, 9.17) is 4.74 Å². The largest absolute Gasteiger partial charge is 0.495 e. The van der Waals surface area contributed by atoms with Gasteiger partial charge < -0.3 is 14.8 Å². The third-order valence-corrected chi connectivity index (χ3v) is 4.83. The van der Waals surface area contributed by atoms with Gasteiger partial charge in [-0.1, -0.05) is 6.42 Å². The highest BCUT2D eigenvalue weighted by Gasteiger charge is 2.16. The molecule has 1 aromatic rings. The molecular formula is C16H24N2O6S. The molecule has 0 aromatic heterocycles. The van der Waals surface area contributed by atoms with Crippen LogP contribution < -0.4 is 14.8 Å². The minimum atomic E-state index is -3.68. The maximum Gasteiger partial charge on any atom is 0.305 e. The summed E-state index contributed by atoms with van der Waals surface area (Å²) < 4.78 is 36.7. The van der Waals surface area contributed by atoms with E-state index in [0.717, 1.165) is 0 Å². The Morgan fingerprint density at radius 2 is 1.84 bits per heavy atom. The number of anilines is 1. The van der Waals surface area contributed by atoms with Crippen LogP contribution in [0.15, 0.2) is 23.1 Å². The zero-order valence-corrected chi connectivity index (χ0v) is 15.4. The summed E-state index contributed by atoms with van der Waals surface area (Å²) >= 11 is 0. The number of esters is 1. The molecular weight excluding hydrogens is 348 g/mol. The van der Waals surface area contributed by atoms with Gasteiger partial charge in [-0.15, -0.1) is 0 Å². The molecule has 25 heavy (non-hydrogen) atoms. The van der Waals surface area contributed by atoms with Crippen molar-refractivity contribution < 1.29 is 27.5 Å². The number of benzene rings is 1. The van der Waals surface area contributed by atoms with Gasteiger partial charge in [-0.2, -0.15) is 0 Å². The normalized spacial score (nSPS) is 11.0. The number of carbonyl (C=O) groups excluding carboxylic acids is 2. The Morgan fingerprint density at radius 1 is 1.12 bits per heavy atom. The molecule has 0 aliphatic carbocycles. The fourth-order valence-corrected chi connectivity index (χ4v) is 3.18. The summed E-state index contributed by atoms with van der Waals surface area (Å²) in [6.07, 6.45) is 2.29. The third-order valence-electron chi connectivity index (χ3n) is 3.37. The van der Waals surface area contributed by atoms with Gasteiger partial charge in [0.1, 0.15) is 5.75 Å². The molecule has 2 N–H and O–H groups in total. The standard InChI is InChI=1S/C16H24N2O6S/c1-12(19)18-14-9-8-13(11-15(14)23-2)25(21,22)17-10-6-4-5-7-16(20)24-3/h8-9,11,17H,4-7,10H2,1-3H3,(H,18,19). The molecule has 0 fully saturated rings. The van der Waals surface area contributed by atoms with Crippen LogP contribution in [0.3, 0.4) is 0 Å². The average molecular weight is 372 g/mol. The second-order valence-corrected chi connectivity index (χ2v) is 7.09. The molecule has 0 spiro atoms. The van der Waals surface area contributed by atoms with Crippen molar-refractivity contribution in [2.75, 3.05) is 26.1 Å². The number of unbranched alkanes of at least 4 members (excludes halogenated alkanes) is 2. The lowest BCUT2D eigenvalue weighted by Crippen LogP contribution is -2.25. The van der Waals surface area contributed by atoms with Crippen LogP contribution in [0, 0.1) is 0 Å². The van der Waals surface area contributed by atoms with Gasteiger partial charge in [0.15, 0.2) is 0 Å². The molecule has 0 saturated carbocycles. The summed E-state index contributed by atoms with van der Waals surface area (Å²) in [4.78, 5) is 22.1. The van der Waals surface area contributed by atoms with Crippen LogP contribution in [0.1, 0.15) is 32.6 Å². The van der Waals surface area contributed by atoms with Gasteiger partial charge in [-0.25, -0.2) is 13.1 Å². The average Bonchev–Trinajstić information content (AvgIpc) is 2.57. The number of hydrogen-bond donors (Lipinski definition) is 2. The van der Waals surface area contributed by atoms with Gasteiger partial charge in [0.05, 0.1) is 24.8 Å². The number of methoxy groups -OCH3 is 2. The summed E-state index contributed by atoms with van der Waals surface area (Å²) in [5, 5.41) is 2.57. The lowest BCUT2D eigenvalue weighted by molar-refractivity contribution is -0.140. The highest BCUT2D eigenvalue weighted by atomic mass is 32.2. The van der Waals surface area contributed by atoms with Crippen LogP contribution in [0.2, 0.25) is 0 Å². The molecule has 0 aliphatic heterocycles. The van der Waals surface area contributed by atoms with Crippen molar-refractivity contribution in [3.63, 3.8) is 0 Å². The number of hydrogen-bond acceptors (Lipinski definition) is 6. The van der Waals surface area contributed by atoms with Crippen LogP contribution >= 0.6 is 0 Å². The van der Waals surface area contributed by atoms with E-state index in [1.165, 1.54) is 39.3 Å². The van der Waals surface area contributed by atoms with Crippen molar-refractivity contribution in [3.8, 4) is 5.75 Å². The molecule has 1 aromatic carbocycles. The molecule has 0 radical (unpaired) electrons. The highest BCUT2D eigenvalue weighted by molar-refractivity contribution is 7.89. The fourth-order valence-electron chi connectivity index (χ4n) is 2.09. The molecule has 140 valence electrons. The molecule has 0 aliphatic rings. The first-order valence-corrected chi connectivity index (χ1v) is 9.30. The van der Waals surface area contributed by atoms with Crippen molar-refractivity contribution in [1.82, 2.24) is 4.72 Å². The summed E-state index contributed by atoms with van der Waals surface area (Å²) in [6.45, 7) is 1.62. The van der Waals surface area contributed by atoms with Gasteiger partial charge in [-0.3, -0.25) is 9.59 Å². The molecule has 0 unspecified atom stereocenters. The third kappa shape index (κ3) is 7.10. The summed E-state index contributed by atoms with van der Waals surface area (Å²) in [6, 6.07) is 4.23. The second kappa shape index (κ2) is 10.00.